The Hall–Kier alpha value is -1.58. The van der Waals surface area contributed by atoms with Crippen molar-refractivity contribution in [1.29, 1.82) is 0 Å². The van der Waals surface area contributed by atoms with E-state index < -0.39 is 5.54 Å². The number of nitrogens with one attached hydrogen (secondary N) is 2. The smallest absolute Gasteiger partial charge is 0.246 e. The first-order chi connectivity index (χ1) is 10.6. The number of hydrogen-bond acceptors (Lipinski definition) is 2. The van der Waals surface area contributed by atoms with E-state index in [1.807, 2.05) is 0 Å². The third-order valence-corrected chi connectivity index (χ3v) is 5.53. The SMILES string of the molecule is C=CCNC(=O)C1(NC(=O)[C@H]2C[C@H]3C=C[C@H]2C3)CCCCC1. The molecule has 3 aliphatic carbocycles. The standard InChI is InChI=1S/C18H26N2O2/c1-2-10-19-17(22)18(8-4-3-5-9-18)20-16(21)15-12-13-6-7-14(15)11-13/h2,6-7,13-15H,1,3-5,8-12H2,(H,19,22)(H,20,21)/t13-,14-,15-/m0/s1. The maximum atomic E-state index is 12.7. The van der Waals surface area contributed by atoms with Crippen LogP contribution in [0.25, 0.3) is 0 Å². The van der Waals surface area contributed by atoms with Gasteiger partial charge in [-0.05, 0) is 37.5 Å². The van der Waals surface area contributed by atoms with Gasteiger partial charge in [0.2, 0.25) is 11.8 Å². The second kappa shape index (κ2) is 6.27. The molecule has 3 rings (SSSR count). The van der Waals surface area contributed by atoms with E-state index in [-0.39, 0.29) is 17.7 Å². The maximum Gasteiger partial charge on any atom is 0.246 e. The Morgan fingerprint density at radius 3 is 2.55 bits per heavy atom. The van der Waals surface area contributed by atoms with Crippen molar-refractivity contribution in [2.75, 3.05) is 6.54 Å². The summed E-state index contributed by atoms with van der Waals surface area (Å²) in [5.74, 6) is 1.03. The molecule has 22 heavy (non-hydrogen) atoms. The van der Waals surface area contributed by atoms with E-state index in [0.717, 1.165) is 44.9 Å². The number of allylic oxidation sites excluding steroid dienone is 2. The lowest BCUT2D eigenvalue weighted by Gasteiger charge is -2.37. The van der Waals surface area contributed by atoms with Crippen LogP contribution in [0.3, 0.4) is 0 Å². The van der Waals surface area contributed by atoms with Crippen molar-refractivity contribution in [3.63, 3.8) is 0 Å². The first-order valence-corrected chi connectivity index (χ1v) is 8.54. The molecule has 3 atom stereocenters. The van der Waals surface area contributed by atoms with Crippen molar-refractivity contribution in [2.24, 2.45) is 17.8 Å². The van der Waals surface area contributed by atoms with Crippen LogP contribution < -0.4 is 10.6 Å². The van der Waals surface area contributed by atoms with Crippen LogP contribution in [0.4, 0.5) is 0 Å². The van der Waals surface area contributed by atoms with Crippen molar-refractivity contribution in [3.8, 4) is 0 Å². The summed E-state index contributed by atoms with van der Waals surface area (Å²) >= 11 is 0. The number of fused-ring (bicyclic) bond motifs is 2. The highest BCUT2D eigenvalue weighted by Gasteiger charge is 2.45. The molecule has 0 heterocycles. The summed E-state index contributed by atoms with van der Waals surface area (Å²) in [6.07, 6.45) is 12.8. The van der Waals surface area contributed by atoms with Crippen LogP contribution >= 0.6 is 0 Å². The Bertz CT molecular complexity index is 491. The summed E-state index contributed by atoms with van der Waals surface area (Å²) in [5, 5.41) is 6.04. The Morgan fingerprint density at radius 1 is 1.18 bits per heavy atom. The summed E-state index contributed by atoms with van der Waals surface area (Å²) in [7, 11) is 0. The van der Waals surface area contributed by atoms with Gasteiger partial charge in [0.05, 0.1) is 0 Å². The third kappa shape index (κ3) is 2.83. The van der Waals surface area contributed by atoms with E-state index in [0.29, 0.717) is 18.4 Å². The van der Waals surface area contributed by atoms with Crippen LogP contribution in [0.15, 0.2) is 24.8 Å². The van der Waals surface area contributed by atoms with Gasteiger partial charge in [0.1, 0.15) is 5.54 Å². The quantitative estimate of drug-likeness (QED) is 0.766. The molecule has 2 bridgehead atoms. The summed E-state index contributed by atoms with van der Waals surface area (Å²) in [6, 6.07) is 0. The van der Waals surface area contributed by atoms with Gasteiger partial charge in [-0.1, -0.05) is 37.5 Å². The van der Waals surface area contributed by atoms with Gasteiger partial charge < -0.3 is 10.6 Å². The molecule has 0 aromatic rings. The zero-order valence-electron chi connectivity index (χ0n) is 13.1. The Balaban J connectivity index is 1.69. The molecule has 120 valence electrons. The van der Waals surface area contributed by atoms with Crippen molar-refractivity contribution < 1.29 is 9.59 Å². The van der Waals surface area contributed by atoms with Crippen LogP contribution in [0, 0.1) is 17.8 Å². The lowest BCUT2D eigenvalue weighted by molar-refractivity contribution is -0.137. The average molecular weight is 302 g/mol. The van der Waals surface area contributed by atoms with Crippen molar-refractivity contribution >= 4 is 11.8 Å². The van der Waals surface area contributed by atoms with E-state index >= 15 is 0 Å². The number of amides is 2. The predicted molar refractivity (Wildman–Crippen MR) is 86.0 cm³/mol. The van der Waals surface area contributed by atoms with Gasteiger partial charge in [-0.15, -0.1) is 6.58 Å². The summed E-state index contributed by atoms with van der Waals surface area (Å²) < 4.78 is 0. The van der Waals surface area contributed by atoms with Gasteiger partial charge in [-0.2, -0.15) is 0 Å². The molecule has 0 unspecified atom stereocenters. The topological polar surface area (TPSA) is 58.2 Å². The molecule has 2 fully saturated rings. The van der Waals surface area contributed by atoms with Gasteiger partial charge in [-0.25, -0.2) is 0 Å². The fourth-order valence-corrected chi connectivity index (χ4v) is 4.31. The number of carbonyl (C=O) groups excluding carboxylic acids is 2. The largest absolute Gasteiger partial charge is 0.351 e. The minimum Gasteiger partial charge on any atom is -0.351 e. The van der Waals surface area contributed by atoms with Gasteiger partial charge in [0, 0.05) is 12.5 Å². The lowest BCUT2D eigenvalue weighted by atomic mass is 9.79. The zero-order chi connectivity index (χ0) is 15.6. The zero-order valence-corrected chi connectivity index (χ0v) is 13.1. The second-order valence-electron chi connectivity index (χ2n) is 7.02. The first-order valence-electron chi connectivity index (χ1n) is 8.54. The summed E-state index contributed by atoms with van der Waals surface area (Å²) in [6.45, 7) is 4.09. The van der Waals surface area contributed by atoms with Crippen LogP contribution in [0.5, 0.6) is 0 Å². The molecule has 0 aromatic heterocycles. The predicted octanol–water partition coefficient (Wildman–Crippen LogP) is 2.32. The molecule has 3 aliphatic rings. The second-order valence-corrected chi connectivity index (χ2v) is 7.02. The number of hydrogen-bond donors (Lipinski definition) is 2. The molecule has 0 aromatic carbocycles. The van der Waals surface area contributed by atoms with E-state index in [4.69, 9.17) is 0 Å². The fraction of sp³-hybridized carbons (Fsp3) is 0.667. The Labute approximate surface area is 132 Å². The van der Waals surface area contributed by atoms with Crippen LogP contribution in [0.1, 0.15) is 44.9 Å². The van der Waals surface area contributed by atoms with Crippen molar-refractivity contribution in [1.82, 2.24) is 10.6 Å². The summed E-state index contributed by atoms with van der Waals surface area (Å²) in [4.78, 5) is 25.3. The van der Waals surface area contributed by atoms with E-state index in [1.54, 1.807) is 6.08 Å². The number of rotatable bonds is 5. The van der Waals surface area contributed by atoms with E-state index in [9.17, 15) is 9.59 Å². The normalized spacial score (nSPS) is 31.7. The first kappa shape index (κ1) is 15.3. The molecule has 2 N–H and O–H groups in total. The molecule has 4 nitrogen and oxygen atoms in total. The molecule has 0 aliphatic heterocycles. The Morgan fingerprint density at radius 2 is 1.95 bits per heavy atom. The maximum absolute atomic E-state index is 12.7. The molecule has 0 saturated heterocycles. The highest BCUT2D eigenvalue weighted by molar-refractivity contribution is 5.92. The lowest BCUT2D eigenvalue weighted by Crippen LogP contribution is -2.60. The van der Waals surface area contributed by atoms with Gasteiger partial charge in [0.15, 0.2) is 0 Å². The molecule has 0 spiro atoms. The molecule has 2 saturated carbocycles. The molecular weight excluding hydrogens is 276 g/mol. The average Bonchev–Trinajstić information content (AvgIpc) is 3.16. The fourth-order valence-electron chi connectivity index (χ4n) is 4.31. The van der Waals surface area contributed by atoms with E-state index in [1.165, 1.54) is 0 Å². The molecule has 2 amide bonds. The minimum atomic E-state index is -0.704. The number of carbonyl (C=O) groups is 2. The highest BCUT2D eigenvalue weighted by Crippen LogP contribution is 2.44. The van der Waals surface area contributed by atoms with Crippen LogP contribution in [-0.2, 0) is 9.59 Å². The highest BCUT2D eigenvalue weighted by atomic mass is 16.2. The monoisotopic (exact) mass is 302 g/mol. The van der Waals surface area contributed by atoms with Crippen molar-refractivity contribution in [2.45, 2.75) is 50.5 Å². The van der Waals surface area contributed by atoms with Crippen LogP contribution in [-0.4, -0.2) is 23.9 Å². The van der Waals surface area contributed by atoms with Gasteiger partial charge >= 0.3 is 0 Å². The molecule has 4 heteroatoms. The summed E-state index contributed by atoms with van der Waals surface area (Å²) in [5.41, 5.74) is -0.704. The van der Waals surface area contributed by atoms with Crippen LogP contribution in [0.2, 0.25) is 0 Å². The minimum absolute atomic E-state index is 0.0425. The molecular formula is C18H26N2O2. The van der Waals surface area contributed by atoms with Gasteiger partial charge in [-0.3, -0.25) is 9.59 Å². The van der Waals surface area contributed by atoms with Gasteiger partial charge in [0.25, 0.3) is 0 Å². The van der Waals surface area contributed by atoms with Crippen molar-refractivity contribution in [3.05, 3.63) is 24.8 Å². The van der Waals surface area contributed by atoms with E-state index in [2.05, 4.69) is 29.4 Å². The molecule has 0 radical (unpaired) electrons. The third-order valence-electron chi connectivity index (χ3n) is 5.53. The Kier molecular flexibility index (Phi) is 4.37.